The normalized spacial score (nSPS) is 17.4. The summed E-state index contributed by atoms with van der Waals surface area (Å²) in [6, 6.07) is 9.58. The number of alkyl halides is 3. The van der Waals surface area contributed by atoms with Crippen molar-refractivity contribution in [2.24, 2.45) is 0 Å². The average Bonchev–Trinajstić information content (AvgIpc) is 3.04. The number of nitrogens with zero attached hydrogens (tertiary/aromatic N) is 2. The minimum atomic E-state index is -4.53. The Morgan fingerprint density at radius 3 is 2.68 bits per heavy atom. The molecule has 1 unspecified atom stereocenters. The molecule has 1 saturated heterocycles. The Labute approximate surface area is 142 Å². The monoisotopic (exact) mass is 351 g/mol. The van der Waals surface area contributed by atoms with Crippen molar-refractivity contribution in [2.45, 2.75) is 18.7 Å². The van der Waals surface area contributed by atoms with Gasteiger partial charge in [-0.2, -0.15) is 13.2 Å². The standard InChI is InChI=1S/C17H16F3N3O2/c18-17(19,20)13-5-1-2-6-14(13)22-16(24)23-10-8-12(11-23)25-15-7-3-4-9-21-15/h1-7,9,12H,8,10-11H2,(H,22,24). The van der Waals surface area contributed by atoms with Crippen molar-refractivity contribution in [3.8, 4) is 5.88 Å². The summed E-state index contributed by atoms with van der Waals surface area (Å²) in [6.07, 6.45) is -2.58. The summed E-state index contributed by atoms with van der Waals surface area (Å²) in [6.45, 7) is 0.689. The second-order valence-electron chi connectivity index (χ2n) is 5.62. The first-order valence-corrected chi connectivity index (χ1v) is 7.73. The molecule has 8 heteroatoms. The number of hydrogen-bond donors (Lipinski definition) is 1. The smallest absolute Gasteiger partial charge is 0.418 e. The van der Waals surface area contributed by atoms with Crippen LogP contribution in [0.15, 0.2) is 48.7 Å². The number of halogens is 3. The molecular formula is C17H16F3N3O2. The predicted molar refractivity (Wildman–Crippen MR) is 85.3 cm³/mol. The third-order valence-electron chi connectivity index (χ3n) is 3.83. The van der Waals surface area contributed by atoms with Crippen LogP contribution in [-0.4, -0.2) is 35.1 Å². The Morgan fingerprint density at radius 2 is 1.96 bits per heavy atom. The van der Waals surface area contributed by atoms with Crippen LogP contribution >= 0.6 is 0 Å². The molecule has 2 heterocycles. The number of para-hydroxylation sites is 1. The molecule has 132 valence electrons. The van der Waals surface area contributed by atoms with Gasteiger partial charge in [0.15, 0.2) is 0 Å². The Morgan fingerprint density at radius 1 is 1.20 bits per heavy atom. The fraction of sp³-hybridized carbons (Fsp3) is 0.294. The zero-order valence-electron chi connectivity index (χ0n) is 13.2. The fourth-order valence-corrected chi connectivity index (χ4v) is 2.63. The molecule has 1 atom stereocenters. The maximum atomic E-state index is 13.0. The summed E-state index contributed by atoms with van der Waals surface area (Å²) in [5.41, 5.74) is -1.13. The fourth-order valence-electron chi connectivity index (χ4n) is 2.63. The SMILES string of the molecule is O=C(Nc1ccccc1C(F)(F)F)N1CCC(Oc2ccccn2)C1. The Bertz CT molecular complexity index is 737. The van der Waals surface area contributed by atoms with E-state index in [0.29, 0.717) is 18.8 Å². The maximum absolute atomic E-state index is 13.0. The number of ether oxygens (including phenoxy) is 1. The highest BCUT2D eigenvalue weighted by molar-refractivity contribution is 5.90. The number of carbonyl (C=O) groups excluding carboxylic acids is 1. The number of anilines is 1. The molecule has 1 aliphatic rings. The number of rotatable bonds is 3. The van der Waals surface area contributed by atoms with Gasteiger partial charge in [0.1, 0.15) is 6.10 Å². The number of carbonyl (C=O) groups is 1. The van der Waals surface area contributed by atoms with Crippen LogP contribution in [-0.2, 0) is 6.18 Å². The van der Waals surface area contributed by atoms with Crippen LogP contribution < -0.4 is 10.1 Å². The zero-order chi connectivity index (χ0) is 17.9. The van der Waals surface area contributed by atoms with Crippen LogP contribution in [0.25, 0.3) is 0 Å². The molecule has 1 aliphatic heterocycles. The summed E-state index contributed by atoms with van der Waals surface area (Å²) in [7, 11) is 0. The van der Waals surface area contributed by atoms with E-state index in [2.05, 4.69) is 10.3 Å². The van der Waals surface area contributed by atoms with Gasteiger partial charge in [0.05, 0.1) is 17.8 Å². The van der Waals surface area contributed by atoms with Crippen molar-refractivity contribution in [3.63, 3.8) is 0 Å². The van der Waals surface area contributed by atoms with Gasteiger partial charge in [-0.1, -0.05) is 18.2 Å². The first-order chi connectivity index (χ1) is 11.9. The van der Waals surface area contributed by atoms with Crippen molar-refractivity contribution < 1.29 is 22.7 Å². The van der Waals surface area contributed by atoms with Gasteiger partial charge >= 0.3 is 12.2 Å². The lowest BCUT2D eigenvalue weighted by Gasteiger charge is -2.19. The molecule has 1 fully saturated rings. The van der Waals surface area contributed by atoms with Gasteiger partial charge in [0, 0.05) is 25.2 Å². The molecule has 0 spiro atoms. The van der Waals surface area contributed by atoms with E-state index in [-0.39, 0.29) is 18.3 Å². The van der Waals surface area contributed by atoms with E-state index in [1.165, 1.54) is 23.1 Å². The number of hydrogen-bond acceptors (Lipinski definition) is 3. The molecule has 1 aromatic carbocycles. The van der Waals surface area contributed by atoms with E-state index in [9.17, 15) is 18.0 Å². The minimum Gasteiger partial charge on any atom is -0.472 e. The van der Waals surface area contributed by atoms with Gasteiger partial charge in [0.2, 0.25) is 5.88 Å². The van der Waals surface area contributed by atoms with Crippen molar-refractivity contribution >= 4 is 11.7 Å². The van der Waals surface area contributed by atoms with Crippen molar-refractivity contribution in [2.75, 3.05) is 18.4 Å². The van der Waals surface area contributed by atoms with E-state index in [0.717, 1.165) is 6.07 Å². The molecule has 2 aromatic rings. The number of nitrogens with one attached hydrogen (secondary N) is 1. The van der Waals surface area contributed by atoms with Gasteiger partial charge in [-0.15, -0.1) is 0 Å². The first-order valence-electron chi connectivity index (χ1n) is 7.73. The average molecular weight is 351 g/mol. The zero-order valence-corrected chi connectivity index (χ0v) is 13.2. The summed E-state index contributed by atoms with van der Waals surface area (Å²) < 4.78 is 44.6. The Hall–Kier alpha value is -2.77. The minimum absolute atomic E-state index is 0.237. The molecule has 25 heavy (non-hydrogen) atoms. The predicted octanol–water partition coefficient (Wildman–Crippen LogP) is 3.79. The highest BCUT2D eigenvalue weighted by Crippen LogP contribution is 2.34. The van der Waals surface area contributed by atoms with Gasteiger partial charge < -0.3 is 15.0 Å². The van der Waals surface area contributed by atoms with E-state index < -0.39 is 17.8 Å². The van der Waals surface area contributed by atoms with E-state index in [4.69, 9.17) is 4.74 Å². The first kappa shape index (κ1) is 17.1. The van der Waals surface area contributed by atoms with Crippen LogP contribution in [0.2, 0.25) is 0 Å². The van der Waals surface area contributed by atoms with Crippen LogP contribution in [0.3, 0.4) is 0 Å². The lowest BCUT2D eigenvalue weighted by atomic mass is 10.1. The van der Waals surface area contributed by atoms with Gasteiger partial charge in [-0.05, 0) is 18.2 Å². The number of aromatic nitrogens is 1. The molecule has 0 radical (unpaired) electrons. The highest BCUT2D eigenvalue weighted by atomic mass is 19.4. The van der Waals surface area contributed by atoms with Crippen molar-refractivity contribution in [1.82, 2.24) is 9.88 Å². The second kappa shape index (κ2) is 7.00. The largest absolute Gasteiger partial charge is 0.472 e. The van der Waals surface area contributed by atoms with Gasteiger partial charge in [-0.25, -0.2) is 9.78 Å². The van der Waals surface area contributed by atoms with E-state index in [1.54, 1.807) is 24.4 Å². The number of likely N-dealkylation sites (tertiary alicyclic amines) is 1. The third-order valence-corrected chi connectivity index (χ3v) is 3.83. The molecule has 0 bridgehead atoms. The second-order valence-corrected chi connectivity index (χ2v) is 5.62. The van der Waals surface area contributed by atoms with E-state index in [1.807, 2.05) is 0 Å². The number of pyridine rings is 1. The van der Waals surface area contributed by atoms with Crippen LogP contribution in [0.5, 0.6) is 5.88 Å². The quantitative estimate of drug-likeness (QED) is 0.915. The lowest BCUT2D eigenvalue weighted by Crippen LogP contribution is -2.35. The van der Waals surface area contributed by atoms with E-state index >= 15 is 0 Å². The topological polar surface area (TPSA) is 54.5 Å². The third kappa shape index (κ3) is 4.20. The molecular weight excluding hydrogens is 335 g/mol. The molecule has 1 N–H and O–H groups in total. The Kier molecular flexibility index (Phi) is 4.78. The molecule has 2 amide bonds. The summed E-state index contributed by atoms with van der Waals surface area (Å²) in [5.74, 6) is 0.456. The molecule has 5 nitrogen and oxygen atoms in total. The van der Waals surface area contributed by atoms with Crippen molar-refractivity contribution in [1.29, 1.82) is 0 Å². The van der Waals surface area contributed by atoms with Gasteiger partial charge in [-0.3, -0.25) is 0 Å². The van der Waals surface area contributed by atoms with Crippen molar-refractivity contribution in [3.05, 3.63) is 54.2 Å². The molecule has 3 rings (SSSR count). The Balaban J connectivity index is 1.62. The molecule has 1 aromatic heterocycles. The highest BCUT2D eigenvalue weighted by Gasteiger charge is 2.34. The molecule has 0 saturated carbocycles. The van der Waals surface area contributed by atoms with Crippen LogP contribution in [0, 0.1) is 0 Å². The lowest BCUT2D eigenvalue weighted by molar-refractivity contribution is -0.136. The number of urea groups is 1. The summed E-state index contributed by atoms with van der Waals surface area (Å²) >= 11 is 0. The summed E-state index contributed by atoms with van der Waals surface area (Å²) in [4.78, 5) is 17.8. The van der Waals surface area contributed by atoms with Crippen LogP contribution in [0.4, 0.5) is 23.7 Å². The maximum Gasteiger partial charge on any atom is 0.418 e. The summed E-state index contributed by atoms with van der Waals surface area (Å²) in [5, 5.41) is 2.34. The van der Waals surface area contributed by atoms with Crippen LogP contribution in [0.1, 0.15) is 12.0 Å². The van der Waals surface area contributed by atoms with Gasteiger partial charge in [0.25, 0.3) is 0 Å². The molecule has 0 aliphatic carbocycles. The number of benzene rings is 1. The number of amides is 2.